The van der Waals surface area contributed by atoms with Crippen LogP contribution in [-0.4, -0.2) is 17.6 Å². The Morgan fingerprint density at radius 1 is 1.40 bits per heavy atom. The molecule has 0 aromatic heterocycles. The fourth-order valence-corrected chi connectivity index (χ4v) is 1.31. The Labute approximate surface area is 91.4 Å². The number of halogens is 3. The van der Waals surface area contributed by atoms with Gasteiger partial charge in [-0.05, 0) is 30.5 Å². The van der Waals surface area contributed by atoms with E-state index >= 15 is 0 Å². The Morgan fingerprint density at radius 2 is 2.13 bits per heavy atom. The first-order chi connectivity index (χ1) is 7.13. The molecule has 15 heavy (non-hydrogen) atoms. The second-order valence-electron chi connectivity index (χ2n) is 2.97. The second kappa shape index (κ2) is 5.75. The van der Waals surface area contributed by atoms with E-state index in [1.165, 1.54) is 12.1 Å². The number of benzene rings is 1. The van der Waals surface area contributed by atoms with Crippen LogP contribution in [0.15, 0.2) is 18.2 Å². The van der Waals surface area contributed by atoms with Gasteiger partial charge in [0, 0.05) is 5.88 Å². The van der Waals surface area contributed by atoms with Crippen LogP contribution in [0.3, 0.4) is 0 Å². The molecule has 84 valence electrons. The molecule has 0 aliphatic rings. The van der Waals surface area contributed by atoms with E-state index in [1.54, 1.807) is 6.07 Å². The number of phenolic OH excluding ortho intramolecular Hbond substituents is 1. The number of aromatic hydroxyl groups is 1. The number of phenols is 1. The standard InChI is InChI=1S/C10H11ClF2O2/c11-5-1-2-7-3-4-8(14)9(6-7)15-10(12)13/h3-4,6,10,14H,1-2,5H2. The summed E-state index contributed by atoms with van der Waals surface area (Å²) >= 11 is 5.51. The molecular formula is C10H11ClF2O2. The summed E-state index contributed by atoms with van der Waals surface area (Å²) in [6.07, 6.45) is 1.42. The van der Waals surface area contributed by atoms with Gasteiger partial charge in [0.2, 0.25) is 0 Å². The van der Waals surface area contributed by atoms with E-state index in [9.17, 15) is 13.9 Å². The summed E-state index contributed by atoms with van der Waals surface area (Å²) in [4.78, 5) is 0. The van der Waals surface area contributed by atoms with Gasteiger partial charge in [0.1, 0.15) is 0 Å². The van der Waals surface area contributed by atoms with Gasteiger partial charge in [-0.3, -0.25) is 0 Å². The van der Waals surface area contributed by atoms with Crippen molar-refractivity contribution in [2.24, 2.45) is 0 Å². The van der Waals surface area contributed by atoms with Crippen molar-refractivity contribution in [2.75, 3.05) is 5.88 Å². The number of ether oxygens (including phenoxy) is 1. The van der Waals surface area contributed by atoms with Crippen molar-refractivity contribution in [1.29, 1.82) is 0 Å². The highest BCUT2D eigenvalue weighted by Gasteiger charge is 2.09. The third-order valence-electron chi connectivity index (χ3n) is 1.84. The van der Waals surface area contributed by atoms with E-state index in [-0.39, 0.29) is 11.5 Å². The van der Waals surface area contributed by atoms with Crippen molar-refractivity contribution in [3.05, 3.63) is 23.8 Å². The summed E-state index contributed by atoms with van der Waals surface area (Å²) in [6, 6.07) is 4.38. The van der Waals surface area contributed by atoms with Gasteiger partial charge in [-0.2, -0.15) is 8.78 Å². The van der Waals surface area contributed by atoms with Crippen LogP contribution in [0.25, 0.3) is 0 Å². The molecule has 0 saturated carbocycles. The van der Waals surface area contributed by atoms with Crippen molar-refractivity contribution >= 4 is 11.6 Å². The lowest BCUT2D eigenvalue weighted by molar-refractivity contribution is -0.0512. The number of rotatable bonds is 5. The van der Waals surface area contributed by atoms with E-state index in [0.29, 0.717) is 12.3 Å². The molecule has 5 heteroatoms. The first-order valence-corrected chi connectivity index (χ1v) is 4.99. The molecule has 1 aromatic rings. The normalized spacial score (nSPS) is 10.7. The molecule has 0 aliphatic heterocycles. The fourth-order valence-electron chi connectivity index (χ4n) is 1.18. The summed E-state index contributed by atoms with van der Waals surface area (Å²) in [5, 5.41) is 9.22. The zero-order valence-electron chi connectivity index (χ0n) is 7.92. The summed E-state index contributed by atoms with van der Waals surface area (Å²) in [7, 11) is 0. The monoisotopic (exact) mass is 236 g/mol. The number of hydrogen-bond acceptors (Lipinski definition) is 2. The minimum absolute atomic E-state index is 0.197. The molecule has 0 heterocycles. The SMILES string of the molecule is Oc1ccc(CCCCl)cc1OC(F)F. The van der Waals surface area contributed by atoms with Crippen molar-refractivity contribution in [1.82, 2.24) is 0 Å². The van der Waals surface area contributed by atoms with Gasteiger partial charge in [-0.15, -0.1) is 11.6 Å². The number of hydrogen-bond donors (Lipinski definition) is 1. The molecule has 1 N–H and O–H groups in total. The maximum absolute atomic E-state index is 11.9. The molecule has 0 fully saturated rings. The van der Waals surface area contributed by atoms with Crippen molar-refractivity contribution in [3.8, 4) is 11.5 Å². The largest absolute Gasteiger partial charge is 0.504 e. The Balaban J connectivity index is 2.75. The lowest BCUT2D eigenvalue weighted by Crippen LogP contribution is -2.02. The molecule has 0 unspecified atom stereocenters. The van der Waals surface area contributed by atoms with E-state index < -0.39 is 6.61 Å². The molecular weight excluding hydrogens is 226 g/mol. The summed E-state index contributed by atoms with van der Waals surface area (Å²) in [5.74, 6) is 0.0216. The van der Waals surface area contributed by atoms with Crippen LogP contribution in [0.4, 0.5) is 8.78 Å². The van der Waals surface area contributed by atoms with Crippen LogP contribution in [0, 0.1) is 0 Å². The topological polar surface area (TPSA) is 29.5 Å². The molecule has 0 amide bonds. The Morgan fingerprint density at radius 3 is 2.73 bits per heavy atom. The first kappa shape index (κ1) is 12.0. The van der Waals surface area contributed by atoms with Gasteiger partial charge in [0.25, 0.3) is 0 Å². The maximum Gasteiger partial charge on any atom is 0.387 e. The summed E-state index contributed by atoms with van der Waals surface area (Å²) in [6.45, 7) is -2.93. The predicted molar refractivity (Wildman–Crippen MR) is 53.8 cm³/mol. The quantitative estimate of drug-likeness (QED) is 0.796. The smallest absolute Gasteiger partial charge is 0.387 e. The molecule has 0 atom stereocenters. The van der Waals surface area contributed by atoms with Gasteiger partial charge in [0.05, 0.1) is 0 Å². The number of alkyl halides is 3. The molecule has 2 nitrogen and oxygen atoms in total. The second-order valence-corrected chi connectivity index (χ2v) is 3.35. The maximum atomic E-state index is 11.9. The summed E-state index contributed by atoms with van der Waals surface area (Å²) < 4.78 is 28.0. The third kappa shape index (κ3) is 3.91. The highest BCUT2D eigenvalue weighted by molar-refractivity contribution is 6.17. The molecule has 0 radical (unpaired) electrons. The van der Waals surface area contributed by atoms with Gasteiger partial charge < -0.3 is 9.84 Å². The van der Waals surface area contributed by atoms with Crippen LogP contribution < -0.4 is 4.74 Å². The Kier molecular flexibility index (Phi) is 4.62. The molecule has 0 spiro atoms. The van der Waals surface area contributed by atoms with E-state index in [1.807, 2.05) is 0 Å². The summed E-state index contributed by atoms with van der Waals surface area (Å²) in [5.41, 5.74) is 0.809. The van der Waals surface area contributed by atoms with Crippen LogP contribution in [0.5, 0.6) is 11.5 Å². The lowest BCUT2D eigenvalue weighted by Gasteiger charge is -2.08. The molecule has 1 aromatic carbocycles. The molecule has 0 aliphatic carbocycles. The third-order valence-corrected chi connectivity index (χ3v) is 2.11. The van der Waals surface area contributed by atoms with Crippen LogP contribution in [0.2, 0.25) is 0 Å². The van der Waals surface area contributed by atoms with Crippen LogP contribution >= 0.6 is 11.6 Å². The lowest BCUT2D eigenvalue weighted by atomic mass is 10.1. The van der Waals surface area contributed by atoms with E-state index in [4.69, 9.17) is 11.6 Å². The highest BCUT2D eigenvalue weighted by atomic mass is 35.5. The van der Waals surface area contributed by atoms with Crippen molar-refractivity contribution < 1.29 is 18.6 Å². The minimum atomic E-state index is -2.93. The van der Waals surface area contributed by atoms with Gasteiger partial charge >= 0.3 is 6.61 Å². The van der Waals surface area contributed by atoms with Crippen molar-refractivity contribution in [2.45, 2.75) is 19.5 Å². The molecule has 0 saturated heterocycles. The van der Waals surface area contributed by atoms with Gasteiger partial charge in [0.15, 0.2) is 11.5 Å². The van der Waals surface area contributed by atoms with Gasteiger partial charge in [-0.25, -0.2) is 0 Å². The predicted octanol–water partition coefficient (Wildman–Crippen LogP) is 3.17. The first-order valence-electron chi connectivity index (χ1n) is 4.46. The van der Waals surface area contributed by atoms with Crippen molar-refractivity contribution in [3.63, 3.8) is 0 Å². The average molecular weight is 237 g/mol. The Bertz CT molecular complexity index is 318. The average Bonchev–Trinajstić information content (AvgIpc) is 2.18. The Hall–Kier alpha value is -1.03. The molecule has 1 rings (SSSR count). The minimum Gasteiger partial charge on any atom is -0.504 e. The highest BCUT2D eigenvalue weighted by Crippen LogP contribution is 2.28. The van der Waals surface area contributed by atoms with Crippen LogP contribution in [-0.2, 0) is 6.42 Å². The van der Waals surface area contributed by atoms with Gasteiger partial charge in [-0.1, -0.05) is 6.07 Å². The molecule has 0 bridgehead atoms. The zero-order chi connectivity index (χ0) is 11.3. The number of aryl methyl sites for hydroxylation is 1. The van der Waals surface area contributed by atoms with Crippen LogP contribution in [0.1, 0.15) is 12.0 Å². The van der Waals surface area contributed by atoms with E-state index in [2.05, 4.69) is 4.74 Å². The van der Waals surface area contributed by atoms with E-state index in [0.717, 1.165) is 12.0 Å². The fraction of sp³-hybridized carbons (Fsp3) is 0.400. The zero-order valence-corrected chi connectivity index (χ0v) is 8.68.